The summed E-state index contributed by atoms with van der Waals surface area (Å²) < 4.78 is 22.8. The fourth-order valence-electron chi connectivity index (χ4n) is 2.39. The van der Waals surface area contributed by atoms with Gasteiger partial charge < -0.3 is 10.3 Å². The first-order valence-electron chi connectivity index (χ1n) is 6.92. The normalized spacial score (nSPS) is 11.8. The minimum absolute atomic E-state index is 0.0250. The van der Waals surface area contributed by atoms with Crippen molar-refractivity contribution in [2.24, 2.45) is 5.14 Å². The number of nitrogens with two attached hydrogens (primary N) is 1. The van der Waals surface area contributed by atoms with E-state index < -0.39 is 10.0 Å². The van der Waals surface area contributed by atoms with Crippen LogP contribution in [0, 0.1) is 6.92 Å². The molecule has 0 radical (unpaired) electrons. The summed E-state index contributed by atoms with van der Waals surface area (Å²) in [6.45, 7) is 1.72. The number of primary sulfonamides is 1. The van der Waals surface area contributed by atoms with Crippen LogP contribution in [0.3, 0.4) is 0 Å². The van der Waals surface area contributed by atoms with Gasteiger partial charge in [0.15, 0.2) is 0 Å². The van der Waals surface area contributed by atoms with E-state index in [-0.39, 0.29) is 16.5 Å². The second-order valence-corrected chi connectivity index (χ2v) is 8.79. The molecule has 0 saturated heterocycles. The number of rotatable bonds is 4. The van der Waals surface area contributed by atoms with Crippen molar-refractivity contribution in [3.05, 3.63) is 45.9 Å². The van der Waals surface area contributed by atoms with Gasteiger partial charge in [0.05, 0.1) is 12.1 Å². The summed E-state index contributed by atoms with van der Waals surface area (Å²) in [4.78, 5) is 16.0. The first kappa shape index (κ1) is 17.0. The van der Waals surface area contributed by atoms with Gasteiger partial charge in [0.25, 0.3) is 0 Å². The Kier molecular flexibility index (Phi) is 4.39. The van der Waals surface area contributed by atoms with Crippen LogP contribution in [0.15, 0.2) is 34.7 Å². The molecule has 3 rings (SSSR count). The molecule has 0 unspecified atom stereocenters. The van der Waals surface area contributed by atoms with Gasteiger partial charge in [-0.2, -0.15) is 0 Å². The van der Waals surface area contributed by atoms with Gasteiger partial charge >= 0.3 is 0 Å². The number of aromatic amines is 1. The Hall–Kier alpha value is -1.87. The fraction of sp³-hybridized carbons (Fsp3) is 0.133. The Morgan fingerprint density at radius 3 is 2.79 bits per heavy atom. The third-order valence-corrected chi connectivity index (χ3v) is 6.24. The number of nitrogens with one attached hydrogen (secondary N) is 2. The SMILES string of the molecule is Cc1sc(S(N)(=O)=O)cc1NC(=O)Cc1c[nH]c2cc(Cl)ccc12. The molecule has 0 spiro atoms. The maximum Gasteiger partial charge on any atom is 0.247 e. The van der Waals surface area contributed by atoms with Crippen LogP contribution in [0.2, 0.25) is 5.02 Å². The minimum Gasteiger partial charge on any atom is -0.361 e. The molecule has 0 aliphatic heterocycles. The van der Waals surface area contributed by atoms with Gasteiger partial charge in [0.2, 0.25) is 15.9 Å². The number of halogens is 1. The summed E-state index contributed by atoms with van der Waals surface area (Å²) in [5.41, 5.74) is 2.14. The van der Waals surface area contributed by atoms with Crippen LogP contribution in [0.5, 0.6) is 0 Å². The number of hydrogen-bond acceptors (Lipinski definition) is 4. The van der Waals surface area contributed by atoms with Crippen molar-refractivity contribution in [2.75, 3.05) is 5.32 Å². The summed E-state index contributed by atoms with van der Waals surface area (Å²) >= 11 is 6.97. The standard InChI is InChI=1S/C15H14ClN3O3S2/c1-8-12(6-15(23-8)24(17,21)22)19-14(20)4-9-7-18-13-5-10(16)2-3-11(9)13/h2-3,5-7,18H,4H2,1H3,(H,19,20)(H2,17,21,22). The lowest BCUT2D eigenvalue weighted by Crippen LogP contribution is -2.14. The second-order valence-electron chi connectivity index (χ2n) is 5.31. The van der Waals surface area contributed by atoms with Crippen molar-refractivity contribution in [1.82, 2.24) is 4.98 Å². The van der Waals surface area contributed by atoms with Crippen LogP contribution in [0.25, 0.3) is 10.9 Å². The number of fused-ring (bicyclic) bond motifs is 1. The van der Waals surface area contributed by atoms with E-state index in [4.69, 9.17) is 16.7 Å². The summed E-state index contributed by atoms with van der Waals surface area (Å²) in [6.07, 6.45) is 1.92. The Morgan fingerprint density at radius 2 is 2.12 bits per heavy atom. The van der Waals surface area contributed by atoms with E-state index in [1.54, 1.807) is 25.3 Å². The zero-order valence-corrected chi connectivity index (χ0v) is 15.0. The third-order valence-electron chi connectivity index (χ3n) is 3.53. The number of amides is 1. The molecule has 0 aliphatic rings. The molecule has 1 aromatic carbocycles. The zero-order valence-electron chi connectivity index (χ0n) is 12.6. The van der Waals surface area contributed by atoms with E-state index in [1.807, 2.05) is 6.07 Å². The molecule has 2 heterocycles. The molecule has 9 heteroatoms. The van der Waals surface area contributed by atoms with Crippen LogP contribution >= 0.6 is 22.9 Å². The molecule has 0 aliphatic carbocycles. The molecular formula is C15H14ClN3O3S2. The van der Waals surface area contributed by atoms with Crippen molar-refractivity contribution in [3.63, 3.8) is 0 Å². The monoisotopic (exact) mass is 383 g/mol. The van der Waals surface area contributed by atoms with Crippen molar-refractivity contribution in [2.45, 2.75) is 17.6 Å². The van der Waals surface area contributed by atoms with E-state index in [0.29, 0.717) is 15.6 Å². The van der Waals surface area contributed by atoms with Crippen LogP contribution in [-0.2, 0) is 21.2 Å². The van der Waals surface area contributed by atoms with Gasteiger partial charge in [-0.15, -0.1) is 11.3 Å². The van der Waals surface area contributed by atoms with Crippen LogP contribution in [0.4, 0.5) is 5.69 Å². The van der Waals surface area contributed by atoms with E-state index in [9.17, 15) is 13.2 Å². The Morgan fingerprint density at radius 1 is 1.38 bits per heavy atom. The number of benzene rings is 1. The largest absolute Gasteiger partial charge is 0.361 e. The highest BCUT2D eigenvalue weighted by molar-refractivity contribution is 7.91. The summed E-state index contributed by atoms with van der Waals surface area (Å²) in [5, 5.41) is 9.37. The number of aryl methyl sites for hydroxylation is 1. The molecular weight excluding hydrogens is 370 g/mol. The summed E-state index contributed by atoms with van der Waals surface area (Å²) in [7, 11) is -3.77. The molecule has 4 N–H and O–H groups in total. The van der Waals surface area contributed by atoms with Gasteiger partial charge in [0.1, 0.15) is 4.21 Å². The number of H-pyrrole nitrogens is 1. The lowest BCUT2D eigenvalue weighted by Gasteiger charge is -2.04. The average molecular weight is 384 g/mol. The zero-order chi connectivity index (χ0) is 17.5. The molecule has 0 bridgehead atoms. The Labute approximate surface area is 147 Å². The van der Waals surface area contributed by atoms with Crippen LogP contribution in [0.1, 0.15) is 10.4 Å². The highest BCUT2D eigenvalue weighted by Gasteiger charge is 2.16. The highest BCUT2D eigenvalue weighted by Crippen LogP contribution is 2.29. The van der Waals surface area contributed by atoms with E-state index in [2.05, 4.69) is 10.3 Å². The quantitative estimate of drug-likeness (QED) is 0.644. The molecule has 1 amide bonds. The molecule has 0 atom stereocenters. The number of anilines is 1. The number of thiophene rings is 1. The average Bonchev–Trinajstić information content (AvgIpc) is 3.03. The molecule has 24 heavy (non-hydrogen) atoms. The van der Waals surface area contributed by atoms with Gasteiger partial charge in [-0.1, -0.05) is 17.7 Å². The predicted octanol–water partition coefficient (Wildman–Crippen LogP) is 3.02. The fourth-order valence-corrected chi connectivity index (χ4v) is 4.38. The van der Waals surface area contributed by atoms with Gasteiger partial charge in [-0.25, -0.2) is 13.6 Å². The minimum atomic E-state index is -3.77. The number of carbonyl (C=O) groups excluding carboxylic acids is 1. The topological polar surface area (TPSA) is 105 Å². The molecule has 0 fully saturated rings. The maximum absolute atomic E-state index is 12.3. The lowest BCUT2D eigenvalue weighted by molar-refractivity contribution is -0.115. The summed E-state index contributed by atoms with van der Waals surface area (Å²) in [6, 6.07) is 6.79. The van der Waals surface area contributed by atoms with Crippen molar-refractivity contribution in [3.8, 4) is 0 Å². The van der Waals surface area contributed by atoms with Crippen LogP contribution in [-0.4, -0.2) is 19.3 Å². The molecule has 3 aromatic rings. The van der Waals surface area contributed by atoms with E-state index in [1.165, 1.54) is 6.07 Å². The number of hydrogen-bond donors (Lipinski definition) is 3. The van der Waals surface area contributed by atoms with Crippen molar-refractivity contribution < 1.29 is 13.2 Å². The second kappa shape index (κ2) is 6.21. The van der Waals surface area contributed by atoms with E-state index in [0.717, 1.165) is 27.8 Å². The first-order chi connectivity index (χ1) is 11.2. The van der Waals surface area contributed by atoms with Crippen LogP contribution < -0.4 is 10.5 Å². The highest BCUT2D eigenvalue weighted by atomic mass is 35.5. The van der Waals surface area contributed by atoms with Crippen molar-refractivity contribution >= 4 is 55.5 Å². The van der Waals surface area contributed by atoms with Crippen molar-refractivity contribution in [1.29, 1.82) is 0 Å². The molecule has 126 valence electrons. The molecule has 0 saturated carbocycles. The number of aromatic nitrogens is 1. The third kappa shape index (κ3) is 3.46. The smallest absolute Gasteiger partial charge is 0.247 e. The van der Waals surface area contributed by atoms with Gasteiger partial charge in [-0.3, -0.25) is 4.79 Å². The lowest BCUT2D eigenvalue weighted by atomic mass is 10.1. The first-order valence-corrected chi connectivity index (χ1v) is 9.67. The summed E-state index contributed by atoms with van der Waals surface area (Å²) in [5.74, 6) is -0.243. The Balaban J connectivity index is 1.79. The predicted molar refractivity (Wildman–Crippen MR) is 96.1 cm³/mol. The van der Waals surface area contributed by atoms with Gasteiger partial charge in [0, 0.05) is 27.0 Å². The van der Waals surface area contributed by atoms with E-state index >= 15 is 0 Å². The molecule has 6 nitrogen and oxygen atoms in total. The van der Waals surface area contributed by atoms with Gasteiger partial charge in [-0.05, 0) is 30.7 Å². The number of sulfonamides is 1. The molecule has 2 aromatic heterocycles. The maximum atomic E-state index is 12.3. The number of carbonyl (C=O) groups is 1. The Bertz CT molecular complexity index is 1040.